The van der Waals surface area contributed by atoms with Crippen molar-refractivity contribution in [1.82, 2.24) is 4.98 Å². The number of aromatic nitrogens is 1. The molecule has 2 rings (SSSR count). The van der Waals surface area contributed by atoms with Crippen LogP contribution in [0.2, 0.25) is 0 Å². The van der Waals surface area contributed by atoms with Gasteiger partial charge in [-0.3, -0.25) is 4.79 Å². The first-order valence-corrected chi connectivity index (χ1v) is 3.88. The maximum Gasteiger partial charge on any atom is 0.211 e. The summed E-state index contributed by atoms with van der Waals surface area (Å²) in [5.74, 6) is 0. The van der Waals surface area contributed by atoms with Crippen LogP contribution in [0, 0.1) is 0 Å². The lowest BCUT2D eigenvalue weighted by molar-refractivity contribution is -0.105. The summed E-state index contributed by atoms with van der Waals surface area (Å²) in [4.78, 5) is 13.2. The molecule has 1 amide bonds. The van der Waals surface area contributed by atoms with E-state index in [9.17, 15) is 4.79 Å². The van der Waals surface area contributed by atoms with E-state index in [1.165, 1.54) is 0 Å². The predicted molar refractivity (Wildman–Crippen MR) is 52.4 cm³/mol. The summed E-state index contributed by atoms with van der Waals surface area (Å²) >= 11 is 0. The normalized spacial score (nSPS) is 10.2. The highest BCUT2D eigenvalue weighted by Gasteiger charge is 2.01. The van der Waals surface area contributed by atoms with Crippen LogP contribution in [0.5, 0.6) is 0 Å². The average Bonchev–Trinajstić information content (AvgIpc) is 2.49. The van der Waals surface area contributed by atoms with Gasteiger partial charge >= 0.3 is 0 Å². The van der Waals surface area contributed by atoms with Gasteiger partial charge in [-0.1, -0.05) is 0 Å². The number of rotatable bonds is 2. The van der Waals surface area contributed by atoms with Crippen molar-refractivity contribution in [2.24, 2.45) is 0 Å². The third kappa shape index (κ3) is 1.22. The summed E-state index contributed by atoms with van der Waals surface area (Å²) in [6.45, 7) is 0. The zero-order chi connectivity index (χ0) is 9.26. The molecule has 4 nitrogen and oxygen atoms in total. The molecule has 0 spiro atoms. The number of nitrogen functional groups attached to an aromatic ring is 1. The molecule has 0 aliphatic heterocycles. The molecule has 0 saturated heterocycles. The zero-order valence-electron chi connectivity index (χ0n) is 6.87. The standard InChI is InChI=1S/C9H9N3O/c10-6-1-2-7-8(3-6)11-4-9(7)12-5-13/h1-5,11H,10H2,(H,12,13). The molecule has 0 saturated carbocycles. The van der Waals surface area contributed by atoms with E-state index in [2.05, 4.69) is 10.3 Å². The van der Waals surface area contributed by atoms with Crippen LogP contribution in [0.1, 0.15) is 0 Å². The van der Waals surface area contributed by atoms with Crippen molar-refractivity contribution in [2.75, 3.05) is 11.1 Å². The number of hydrogen-bond donors (Lipinski definition) is 3. The van der Waals surface area contributed by atoms with E-state index in [4.69, 9.17) is 5.73 Å². The Balaban J connectivity index is 2.61. The predicted octanol–water partition coefficient (Wildman–Crippen LogP) is 1.32. The van der Waals surface area contributed by atoms with Crippen LogP contribution in [-0.2, 0) is 4.79 Å². The molecule has 0 atom stereocenters. The largest absolute Gasteiger partial charge is 0.399 e. The number of carbonyl (C=O) groups excluding carboxylic acids is 1. The van der Waals surface area contributed by atoms with Crippen molar-refractivity contribution < 1.29 is 4.79 Å². The van der Waals surface area contributed by atoms with Gasteiger partial charge in [-0.15, -0.1) is 0 Å². The fourth-order valence-electron chi connectivity index (χ4n) is 1.33. The first-order chi connectivity index (χ1) is 6.31. The highest BCUT2D eigenvalue weighted by molar-refractivity contribution is 5.97. The van der Waals surface area contributed by atoms with Gasteiger partial charge in [0.15, 0.2) is 0 Å². The van der Waals surface area contributed by atoms with E-state index >= 15 is 0 Å². The second kappa shape index (κ2) is 2.82. The molecule has 0 aliphatic rings. The Bertz CT molecular complexity index is 447. The smallest absolute Gasteiger partial charge is 0.211 e. The third-order valence-electron chi connectivity index (χ3n) is 1.92. The van der Waals surface area contributed by atoms with E-state index in [0.717, 1.165) is 16.6 Å². The fourth-order valence-corrected chi connectivity index (χ4v) is 1.33. The summed E-state index contributed by atoms with van der Waals surface area (Å²) in [7, 11) is 0. The molecule has 1 aromatic carbocycles. The summed E-state index contributed by atoms with van der Waals surface area (Å²) < 4.78 is 0. The Morgan fingerprint density at radius 3 is 3.08 bits per heavy atom. The van der Waals surface area contributed by atoms with Crippen LogP contribution in [0.3, 0.4) is 0 Å². The van der Waals surface area contributed by atoms with Crippen molar-refractivity contribution in [3.63, 3.8) is 0 Å². The minimum Gasteiger partial charge on any atom is -0.399 e. The third-order valence-corrected chi connectivity index (χ3v) is 1.92. The molecular weight excluding hydrogens is 166 g/mol. The Morgan fingerprint density at radius 2 is 2.31 bits per heavy atom. The number of nitrogens with one attached hydrogen (secondary N) is 2. The van der Waals surface area contributed by atoms with Gasteiger partial charge in [0.1, 0.15) is 0 Å². The van der Waals surface area contributed by atoms with Gasteiger partial charge in [0.05, 0.1) is 5.69 Å². The van der Waals surface area contributed by atoms with Gasteiger partial charge in [-0.2, -0.15) is 0 Å². The highest BCUT2D eigenvalue weighted by atomic mass is 16.1. The van der Waals surface area contributed by atoms with E-state index in [-0.39, 0.29) is 0 Å². The Labute approximate surface area is 74.7 Å². The molecule has 1 aromatic heterocycles. The van der Waals surface area contributed by atoms with Gasteiger partial charge < -0.3 is 16.0 Å². The maximum absolute atomic E-state index is 10.2. The lowest BCUT2D eigenvalue weighted by atomic mass is 10.2. The van der Waals surface area contributed by atoms with Crippen LogP contribution >= 0.6 is 0 Å². The quantitative estimate of drug-likeness (QED) is 0.475. The number of hydrogen-bond acceptors (Lipinski definition) is 2. The first kappa shape index (κ1) is 7.67. The van der Waals surface area contributed by atoms with Crippen molar-refractivity contribution in [3.8, 4) is 0 Å². The van der Waals surface area contributed by atoms with Gasteiger partial charge in [-0.05, 0) is 18.2 Å². The van der Waals surface area contributed by atoms with Gasteiger partial charge in [0.25, 0.3) is 0 Å². The number of H-pyrrole nitrogens is 1. The molecule has 66 valence electrons. The molecule has 0 fully saturated rings. The number of anilines is 2. The Kier molecular flexibility index (Phi) is 1.66. The monoisotopic (exact) mass is 175 g/mol. The lowest BCUT2D eigenvalue weighted by Crippen LogP contribution is -1.91. The topological polar surface area (TPSA) is 70.9 Å². The molecule has 4 heteroatoms. The lowest BCUT2D eigenvalue weighted by Gasteiger charge is -1.95. The zero-order valence-corrected chi connectivity index (χ0v) is 6.87. The Hall–Kier alpha value is -1.97. The Morgan fingerprint density at radius 1 is 1.46 bits per heavy atom. The van der Waals surface area contributed by atoms with Crippen molar-refractivity contribution in [2.45, 2.75) is 0 Å². The minimum absolute atomic E-state index is 0.652. The van der Waals surface area contributed by atoms with Crippen molar-refractivity contribution in [3.05, 3.63) is 24.4 Å². The number of nitrogens with two attached hydrogens (primary N) is 1. The maximum atomic E-state index is 10.2. The highest BCUT2D eigenvalue weighted by Crippen LogP contribution is 2.23. The van der Waals surface area contributed by atoms with Gasteiger partial charge in [0, 0.05) is 22.8 Å². The molecule has 0 unspecified atom stereocenters. The number of benzene rings is 1. The number of carbonyl (C=O) groups is 1. The molecule has 2 aromatic rings. The molecule has 0 bridgehead atoms. The van der Waals surface area contributed by atoms with Crippen molar-refractivity contribution in [1.29, 1.82) is 0 Å². The van der Waals surface area contributed by atoms with Crippen LogP contribution in [0.25, 0.3) is 10.9 Å². The number of aromatic amines is 1. The number of fused-ring (bicyclic) bond motifs is 1. The second-order valence-corrected chi connectivity index (χ2v) is 2.77. The summed E-state index contributed by atoms with van der Waals surface area (Å²) in [5, 5.41) is 3.56. The fraction of sp³-hybridized carbons (Fsp3) is 0. The summed E-state index contributed by atoms with van der Waals surface area (Å²) in [6, 6.07) is 5.49. The van der Waals surface area contributed by atoms with E-state index in [1.807, 2.05) is 12.1 Å². The van der Waals surface area contributed by atoms with Crippen LogP contribution < -0.4 is 11.1 Å². The van der Waals surface area contributed by atoms with Gasteiger partial charge in [0.2, 0.25) is 6.41 Å². The minimum atomic E-state index is 0.652. The molecule has 13 heavy (non-hydrogen) atoms. The van der Waals surface area contributed by atoms with Crippen LogP contribution in [0.4, 0.5) is 11.4 Å². The first-order valence-electron chi connectivity index (χ1n) is 3.88. The van der Waals surface area contributed by atoms with E-state index < -0.39 is 0 Å². The van der Waals surface area contributed by atoms with E-state index in [1.54, 1.807) is 12.3 Å². The SMILES string of the molecule is Nc1ccc2c(NC=O)c[nH]c2c1. The second-order valence-electron chi connectivity index (χ2n) is 2.77. The summed E-state index contributed by atoms with van der Waals surface area (Å²) in [6.07, 6.45) is 2.39. The van der Waals surface area contributed by atoms with Gasteiger partial charge in [-0.25, -0.2) is 0 Å². The molecular formula is C9H9N3O. The molecule has 1 heterocycles. The van der Waals surface area contributed by atoms with Crippen LogP contribution in [0.15, 0.2) is 24.4 Å². The van der Waals surface area contributed by atoms with Crippen molar-refractivity contribution >= 4 is 28.7 Å². The summed E-state index contributed by atoms with van der Waals surface area (Å²) in [5.41, 5.74) is 7.99. The number of amides is 1. The average molecular weight is 175 g/mol. The molecule has 0 radical (unpaired) electrons. The molecule has 0 aliphatic carbocycles. The van der Waals surface area contributed by atoms with E-state index in [0.29, 0.717) is 12.1 Å². The molecule has 4 N–H and O–H groups in total. The van der Waals surface area contributed by atoms with Crippen LogP contribution in [-0.4, -0.2) is 11.4 Å².